The molecule has 0 amide bonds. The number of nitrogens with zero attached hydrogens (tertiary/aromatic N) is 2. The molecule has 0 spiro atoms. The predicted molar refractivity (Wildman–Crippen MR) is 133 cm³/mol. The van der Waals surface area contributed by atoms with E-state index in [4.69, 9.17) is 32.5 Å². The van der Waals surface area contributed by atoms with Crippen LogP contribution in [0.25, 0.3) is 11.3 Å². The Hall–Kier alpha value is -2.23. The zero-order valence-electron chi connectivity index (χ0n) is 17.9. The van der Waals surface area contributed by atoms with Crippen LogP contribution in [-0.2, 0) is 17.8 Å². The smallest absolute Gasteiger partial charge is 0.186 e. The molecule has 1 heterocycles. The minimum atomic E-state index is 0. The van der Waals surface area contributed by atoms with Crippen molar-refractivity contribution in [2.75, 3.05) is 32.2 Å². The maximum absolute atomic E-state index is 6.47. The lowest BCUT2D eigenvalue weighted by Crippen LogP contribution is -2.26. The van der Waals surface area contributed by atoms with Crippen molar-refractivity contribution < 1.29 is 9.47 Å². The second-order valence-corrected chi connectivity index (χ2v) is 8.46. The molecule has 0 saturated heterocycles. The minimum Gasteiger partial charge on any atom is -0.497 e. The Labute approximate surface area is 199 Å². The van der Waals surface area contributed by atoms with Crippen molar-refractivity contribution in [1.29, 1.82) is 0 Å². The van der Waals surface area contributed by atoms with Crippen LogP contribution >= 0.6 is 35.3 Å². The summed E-state index contributed by atoms with van der Waals surface area (Å²) >= 11 is 8.10. The number of methoxy groups -OCH3 is 2. The molecule has 164 valence electrons. The summed E-state index contributed by atoms with van der Waals surface area (Å²) in [6.45, 7) is 3.97. The monoisotopic (exact) mass is 476 g/mol. The molecule has 0 unspecified atom stereocenters. The first kappa shape index (κ1) is 25.0. The van der Waals surface area contributed by atoms with E-state index >= 15 is 0 Å². The van der Waals surface area contributed by atoms with E-state index in [1.807, 2.05) is 18.2 Å². The van der Waals surface area contributed by atoms with E-state index < -0.39 is 0 Å². The first-order valence-corrected chi connectivity index (χ1v) is 10.8. The van der Waals surface area contributed by atoms with Crippen LogP contribution in [0.1, 0.15) is 16.0 Å². The number of aromatic nitrogens is 1. The van der Waals surface area contributed by atoms with Gasteiger partial charge in [-0.1, -0.05) is 41.8 Å². The molecule has 0 aliphatic heterocycles. The number of aryl methyl sites for hydroxylation is 1. The third-order valence-corrected chi connectivity index (χ3v) is 6.12. The number of hydrogen-bond donors (Lipinski definition) is 0. The second-order valence-electron chi connectivity index (χ2n) is 6.87. The highest BCUT2D eigenvalue weighted by Crippen LogP contribution is 2.37. The number of hydrogen-bond acceptors (Lipinski definition) is 5. The van der Waals surface area contributed by atoms with E-state index in [0.29, 0.717) is 18.2 Å². The number of ether oxygens (including phenoxy) is 2. The standard InChI is InChI=1S/C24H25ClN2O2S.ClH/c1-5-13-27(14-12-18-6-8-19(9-7-18)16-28-3)24-26-23(17(2)30-24)21-11-10-20(29-4)15-22(21)25;/h1,6-11,15H,12-14,16H2,2-4H3;1H. The van der Waals surface area contributed by atoms with Gasteiger partial charge in [-0.05, 0) is 42.7 Å². The summed E-state index contributed by atoms with van der Waals surface area (Å²) in [6.07, 6.45) is 6.52. The molecule has 0 aliphatic rings. The van der Waals surface area contributed by atoms with Crippen LogP contribution in [0.5, 0.6) is 5.75 Å². The predicted octanol–water partition coefficient (Wildman–Crippen LogP) is 6.03. The van der Waals surface area contributed by atoms with E-state index in [0.717, 1.165) is 40.0 Å². The Balaban J connectivity index is 0.00000341. The maximum Gasteiger partial charge on any atom is 0.186 e. The Kier molecular flexibility index (Phi) is 9.67. The molecule has 3 rings (SSSR count). The van der Waals surface area contributed by atoms with Crippen molar-refractivity contribution >= 4 is 40.5 Å². The largest absolute Gasteiger partial charge is 0.497 e. The quantitative estimate of drug-likeness (QED) is 0.353. The lowest BCUT2D eigenvalue weighted by Gasteiger charge is -2.19. The molecular formula is C24H26Cl2N2O2S. The molecular weight excluding hydrogens is 451 g/mol. The molecule has 0 saturated carbocycles. The van der Waals surface area contributed by atoms with E-state index in [2.05, 4.69) is 42.0 Å². The number of halogens is 2. The highest BCUT2D eigenvalue weighted by atomic mass is 35.5. The van der Waals surface area contributed by atoms with Crippen LogP contribution in [0.15, 0.2) is 42.5 Å². The highest BCUT2D eigenvalue weighted by molar-refractivity contribution is 7.16. The fourth-order valence-corrected chi connectivity index (χ4v) is 4.38. The average molecular weight is 477 g/mol. The van der Waals surface area contributed by atoms with Crippen molar-refractivity contribution in [1.82, 2.24) is 4.98 Å². The van der Waals surface area contributed by atoms with Gasteiger partial charge in [0.25, 0.3) is 0 Å². The molecule has 0 radical (unpaired) electrons. The van der Waals surface area contributed by atoms with E-state index in [1.54, 1.807) is 25.6 Å². The summed E-state index contributed by atoms with van der Waals surface area (Å²) < 4.78 is 10.4. The van der Waals surface area contributed by atoms with Crippen LogP contribution in [0.3, 0.4) is 0 Å². The summed E-state index contributed by atoms with van der Waals surface area (Å²) in [5.41, 5.74) is 4.20. The molecule has 7 heteroatoms. The average Bonchev–Trinajstić information content (AvgIpc) is 3.13. The van der Waals surface area contributed by atoms with Gasteiger partial charge in [0.1, 0.15) is 5.75 Å². The molecule has 31 heavy (non-hydrogen) atoms. The van der Waals surface area contributed by atoms with Gasteiger partial charge in [0, 0.05) is 24.1 Å². The SMILES string of the molecule is C#CCN(CCc1ccc(COC)cc1)c1nc(-c2ccc(OC)cc2Cl)c(C)s1.Cl. The van der Waals surface area contributed by atoms with Gasteiger partial charge < -0.3 is 14.4 Å². The van der Waals surface area contributed by atoms with Crippen molar-refractivity contribution in [3.8, 4) is 29.4 Å². The van der Waals surface area contributed by atoms with Gasteiger partial charge in [0.15, 0.2) is 5.13 Å². The maximum atomic E-state index is 6.47. The Morgan fingerprint density at radius 2 is 1.84 bits per heavy atom. The van der Waals surface area contributed by atoms with Gasteiger partial charge in [-0.3, -0.25) is 0 Å². The third-order valence-electron chi connectivity index (χ3n) is 4.77. The Morgan fingerprint density at radius 1 is 1.13 bits per heavy atom. The van der Waals surface area contributed by atoms with Crippen LogP contribution in [0.2, 0.25) is 5.02 Å². The number of anilines is 1. The van der Waals surface area contributed by atoms with E-state index in [-0.39, 0.29) is 12.4 Å². The van der Waals surface area contributed by atoms with E-state index in [9.17, 15) is 0 Å². The molecule has 2 aromatic carbocycles. The fraction of sp³-hybridized carbons (Fsp3) is 0.292. The van der Waals surface area contributed by atoms with Gasteiger partial charge in [-0.2, -0.15) is 0 Å². The minimum absolute atomic E-state index is 0. The Morgan fingerprint density at radius 3 is 2.45 bits per heavy atom. The van der Waals surface area contributed by atoms with Gasteiger partial charge in [0.2, 0.25) is 0 Å². The Bertz CT molecular complexity index is 1030. The number of thiazole rings is 1. The number of benzene rings is 2. The van der Waals surface area contributed by atoms with E-state index in [1.165, 1.54) is 11.1 Å². The van der Waals surface area contributed by atoms with Gasteiger partial charge in [-0.15, -0.1) is 30.2 Å². The van der Waals surface area contributed by atoms with Crippen molar-refractivity contribution in [3.05, 3.63) is 63.5 Å². The molecule has 0 bridgehead atoms. The van der Waals surface area contributed by atoms with Crippen LogP contribution in [0, 0.1) is 19.3 Å². The first-order valence-electron chi connectivity index (χ1n) is 9.62. The molecule has 0 atom stereocenters. The topological polar surface area (TPSA) is 34.6 Å². The lowest BCUT2D eigenvalue weighted by molar-refractivity contribution is 0.185. The highest BCUT2D eigenvalue weighted by Gasteiger charge is 2.17. The summed E-state index contributed by atoms with van der Waals surface area (Å²) in [5, 5.41) is 1.53. The van der Waals surface area contributed by atoms with Crippen LogP contribution in [0.4, 0.5) is 5.13 Å². The molecule has 0 fully saturated rings. The summed E-state index contributed by atoms with van der Waals surface area (Å²) in [6, 6.07) is 14.1. The van der Waals surface area contributed by atoms with Gasteiger partial charge in [0.05, 0.1) is 31.0 Å². The first-order chi connectivity index (χ1) is 14.5. The number of terminal acetylenes is 1. The number of rotatable bonds is 9. The van der Waals surface area contributed by atoms with Gasteiger partial charge in [-0.25, -0.2) is 4.98 Å². The summed E-state index contributed by atoms with van der Waals surface area (Å²) in [5.74, 6) is 3.48. The summed E-state index contributed by atoms with van der Waals surface area (Å²) in [7, 11) is 3.33. The zero-order valence-corrected chi connectivity index (χ0v) is 20.2. The summed E-state index contributed by atoms with van der Waals surface area (Å²) in [4.78, 5) is 8.11. The van der Waals surface area contributed by atoms with Crippen LogP contribution < -0.4 is 9.64 Å². The molecule has 1 aromatic heterocycles. The molecule has 0 aliphatic carbocycles. The fourth-order valence-electron chi connectivity index (χ4n) is 3.17. The molecule has 0 N–H and O–H groups in total. The zero-order chi connectivity index (χ0) is 21.5. The van der Waals surface area contributed by atoms with Crippen molar-refractivity contribution in [2.24, 2.45) is 0 Å². The molecule has 3 aromatic rings. The normalized spacial score (nSPS) is 10.3. The molecule has 4 nitrogen and oxygen atoms in total. The van der Waals surface area contributed by atoms with Crippen molar-refractivity contribution in [2.45, 2.75) is 20.0 Å². The van der Waals surface area contributed by atoms with Crippen LogP contribution in [-0.4, -0.2) is 32.3 Å². The van der Waals surface area contributed by atoms with Gasteiger partial charge >= 0.3 is 0 Å². The second kappa shape index (κ2) is 12.0. The van der Waals surface area contributed by atoms with Crippen molar-refractivity contribution in [3.63, 3.8) is 0 Å². The lowest BCUT2D eigenvalue weighted by atomic mass is 10.1. The third kappa shape index (κ3) is 6.38.